The normalized spacial score (nSPS) is 15.9. The lowest BCUT2D eigenvalue weighted by Gasteiger charge is -2.32. The molecule has 0 aromatic rings. The zero-order chi connectivity index (χ0) is 16.7. The van der Waals surface area contributed by atoms with Gasteiger partial charge in [-0.1, -0.05) is 0 Å². The Labute approximate surface area is 101 Å². The van der Waals surface area contributed by atoms with Crippen LogP contribution in [0.3, 0.4) is 0 Å². The second kappa shape index (κ2) is 4.77. The van der Waals surface area contributed by atoms with Gasteiger partial charge in [0, 0.05) is 0 Å². The summed E-state index contributed by atoms with van der Waals surface area (Å²) in [6.45, 7) is 0. The number of aliphatic carboxylic acids is 1. The van der Waals surface area contributed by atoms with Crippen LogP contribution in [0.2, 0.25) is 0 Å². The molecule has 0 unspecified atom stereocenters. The number of allylic oxidation sites excluding steroid dienone is 1. The molecule has 0 radical (unpaired) electrons. The number of hydrogen-bond acceptors (Lipinski definition) is 1. The molecule has 0 saturated carbocycles. The lowest BCUT2D eigenvalue weighted by atomic mass is 10.0. The summed E-state index contributed by atoms with van der Waals surface area (Å²) >= 11 is 0. The number of carbonyl (C=O) groups is 1. The maximum atomic E-state index is 12.6. The summed E-state index contributed by atoms with van der Waals surface area (Å²) in [4.78, 5) is 9.70. The Kier molecular flexibility index (Phi) is 4.40. The number of halogens is 11. The van der Waals surface area contributed by atoms with E-state index in [1.54, 1.807) is 0 Å². The lowest BCUT2D eigenvalue weighted by Crippen LogP contribution is -2.61. The fourth-order valence-electron chi connectivity index (χ4n) is 0.745. The molecule has 0 spiro atoms. The van der Waals surface area contributed by atoms with Crippen LogP contribution in [0.25, 0.3) is 0 Å². The van der Waals surface area contributed by atoms with Crippen molar-refractivity contribution in [2.45, 2.75) is 23.9 Å². The minimum absolute atomic E-state index is 3.20. The Morgan fingerprint density at radius 2 is 1.10 bits per heavy atom. The summed E-state index contributed by atoms with van der Waals surface area (Å²) in [7, 11) is 0. The Balaban J connectivity index is 6.08. The molecule has 0 rings (SSSR count). The molecule has 0 bridgehead atoms. The first kappa shape index (κ1) is 18.4. The maximum Gasteiger partial charge on any atom is 0.460 e. The number of carboxylic acids is 1. The molecule has 0 heterocycles. The van der Waals surface area contributed by atoms with Gasteiger partial charge in [0.05, 0.1) is 0 Å². The Bertz CT molecular complexity index is 433. The Morgan fingerprint density at radius 3 is 1.35 bits per heavy atom. The quantitative estimate of drug-likeness (QED) is 0.632. The monoisotopic (exact) mass is 326 g/mol. The van der Waals surface area contributed by atoms with Gasteiger partial charge in [0.2, 0.25) is 11.7 Å². The number of hydrogen-bond donors (Lipinski definition) is 1. The van der Waals surface area contributed by atoms with Crippen molar-refractivity contribution < 1.29 is 58.2 Å². The van der Waals surface area contributed by atoms with Gasteiger partial charge >= 0.3 is 29.9 Å². The SMILES string of the molecule is O=C(O)/C(F)=C(\F)C(F)(F)C(F)(F)C(F)(F)C(F)(F)F. The molecule has 0 aliphatic carbocycles. The smallest absolute Gasteiger partial charge is 0.460 e. The first-order valence-corrected chi connectivity index (χ1v) is 4.01. The minimum Gasteiger partial charge on any atom is -0.476 e. The van der Waals surface area contributed by atoms with E-state index in [0.717, 1.165) is 0 Å². The van der Waals surface area contributed by atoms with E-state index in [2.05, 4.69) is 0 Å². The van der Waals surface area contributed by atoms with Crippen molar-refractivity contribution in [3.8, 4) is 0 Å². The van der Waals surface area contributed by atoms with Crippen LogP contribution >= 0.6 is 0 Å². The number of alkyl halides is 9. The second-order valence-electron chi connectivity index (χ2n) is 3.15. The van der Waals surface area contributed by atoms with E-state index >= 15 is 0 Å². The van der Waals surface area contributed by atoms with Gasteiger partial charge < -0.3 is 5.11 Å². The van der Waals surface area contributed by atoms with Crippen LogP contribution in [0.15, 0.2) is 11.7 Å². The van der Waals surface area contributed by atoms with Gasteiger partial charge in [-0.05, 0) is 0 Å². The first-order chi connectivity index (χ1) is 8.51. The lowest BCUT2D eigenvalue weighted by molar-refractivity contribution is -0.391. The van der Waals surface area contributed by atoms with Crippen LogP contribution in [0.4, 0.5) is 48.3 Å². The van der Waals surface area contributed by atoms with Gasteiger partial charge in [-0.2, -0.15) is 43.9 Å². The average Bonchev–Trinajstić information content (AvgIpc) is 2.24. The molecule has 0 aliphatic heterocycles. The summed E-state index contributed by atoms with van der Waals surface area (Å²) in [5.41, 5.74) is 0. The third-order valence-electron chi connectivity index (χ3n) is 1.80. The van der Waals surface area contributed by atoms with Crippen LogP contribution in [-0.4, -0.2) is 35.0 Å². The predicted octanol–water partition coefficient (Wildman–Crippen LogP) is 3.69. The third kappa shape index (κ3) is 2.52. The third-order valence-corrected chi connectivity index (χ3v) is 1.80. The highest BCUT2D eigenvalue weighted by atomic mass is 19.4. The van der Waals surface area contributed by atoms with Crippen LogP contribution < -0.4 is 0 Å². The highest BCUT2D eigenvalue weighted by Crippen LogP contribution is 2.55. The summed E-state index contributed by atoms with van der Waals surface area (Å²) in [5.74, 6) is -33.1. The van der Waals surface area contributed by atoms with Crippen LogP contribution in [-0.2, 0) is 4.79 Å². The van der Waals surface area contributed by atoms with Gasteiger partial charge in [0.1, 0.15) is 0 Å². The van der Waals surface area contributed by atoms with Crippen LogP contribution in [0, 0.1) is 0 Å². The summed E-state index contributed by atoms with van der Waals surface area (Å²) in [6, 6.07) is 0. The topological polar surface area (TPSA) is 37.3 Å². The molecule has 0 saturated heterocycles. The Morgan fingerprint density at radius 1 is 0.750 bits per heavy atom. The molecule has 13 heteroatoms. The average molecular weight is 326 g/mol. The largest absolute Gasteiger partial charge is 0.476 e. The zero-order valence-corrected chi connectivity index (χ0v) is 8.51. The molecule has 0 aromatic heterocycles. The van der Waals surface area contributed by atoms with Crippen LogP contribution in [0.1, 0.15) is 0 Å². The van der Waals surface area contributed by atoms with Crippen LogP contribution in [0.5, 0.6) is 0 Å². The summed E-state index contributed by atoms with van der Waals surface area (Å²) in [6.07, 6.45) is -7.22. The molecular formula is C7HF11O2. The van der Waals surface area contributed by atoms with Crippen molar-refractivity contribution >= 4 is 5.97 Å². The maximum absolute atomic E-state index is 12.6. The van der Waals surface area contributed by atoms with E-state index < -0.39 is 41.6 Å². The highest BCUT2D eigenvalue weighted by Gasteiger charge is 2.83. The molecule has 2 nitrogen and oxygen atoms in total. The van der Waals surface area contributed by atoms with Gasteiger partial charge in [-0.15, -0.1) is 0 Å². The van der Waals surface area contributed by atoms with Crippen molar-refractivity contribution in [2.24, 2.45) is 0 Å². The van der Waals surface area contributed by atoms with Crippen molar-refractivity contribution in [3.63, 3.8) is 0 Å². The van der Waals surface area contributed by atoms with Gasteiger partial charge in [0.25, 0.3) is 0 Å². The number of rotatable bonds is 4. The van der Waals surface area contributed by atoms with Crippen molar-refractivity contribution in [3.05, 3.63) is 11.7 Å². The summed E-state index contributed by atoms with van der Waals surface area (Å²) in [5, 5.41) is 7.68. The molecule has 118 valence electrons. The molecule has 20 heavy (non-hydrogen) atoms. The molecule has 0 amide bonds. The molecular weight excluding hydrogens is 325 g/mol. The van der Waals surface area contributed by atoms with E-state index in [1.807, 2.05) is 0 Å². The standard InChI is InChI=1S/C7HF11O2/c8-1(3(19)20)2(9)4(10,11)5(12,13)6(14,15)7(16,17)18/h(H,19,20)/b2-1+. The van der Waals surface area contributed by atoms with Gasteiger partial charge in [0.15, 0.2) is 0 Å². The zero-order valence-electron chi connectivity index (χ0n) is 8.51. The summed E-state index contributed by atoms with van der Waals surface area (Å²) < 4.78 is 134. The molecule has 0 aliphatic rings. The van der Waals surface area contributed by atoms with E-state index in [9.17, 15) is 53.1 Å². The predicted molar refractivity (Wildman–Crippen MR) is 37.8 cm³/mol. The van der Waals surface area contributed by atoms with E-state index in [0.29, 0.717) is 0 Å². The molecule has 0 atom stereocenters. The van der Waals surface area contributed by atoms with Crippen molar-refractivity contribution in [1.82, 2.24) is 0 Å². The fraction of sp³-hybridized carbons (Fsp3) is 0.571. The van der Waals surface area contributed by atoms with Gasteiger partial charge in [-0.25, -0.2) is 9.18 Å². The highest BCUT2D eigenvalue weighted by molar-refractivity contribution is 5.84. The van der Waals surface area contributed by atoms with Gasteiger partial charge in [-0.3, -0.25) is 0 Å². The number of carboxylic acid groups (broad SMARTS) is 1. The Hall–Kier alpha value is -1.56. The minimum atomic E-state index is -7.46. The fourth-order valence-corrected chi connectivity index (χ4v) is 0.745. The van der Waals surface area contributed by atoms with E-state index in [-0.39, 0.29) is 0 Å². The van der Waals surface area contributed by atoms with E-state index in [4.69, 9.17) is 5.11 Å². The second-order valence-corrected chi connectivity index (χ2v) is 3.15. The van der Waals surface area contributed by atoms with Crippen molar-refractivity contribution in [2.75, 3.05) is 0 Å². The molecule has 0 aromatic carbocycles. The molecule has 1 N–H and O–H groups in total. The molecule has 0 fully saturated rings. The van der Waals surface area contributed by atoms with Crippen molar-refractivity contribution in [1.29, 1.82) is 0 Å². The first-order valence-electron chi connectivity index (χ1n) is 4.01. The van der Waals surface area contributed by atoms with E-state index in [1.165, 1.54) is 0 Å².